The zero-order chi connectivity index (χ0) is 13.3. The second-order valence-corrected chi connectivity index (χ2v) is 5.97. The molecule has 0 aliphatic heterocycles. The van der Waals surface area contributed by atoms with E-state index in [0.717, 1.165) is 30.3 Å². The molecule has 18 heavy (non-hydrogen) atoms. The molecule has 4 heteroatoms. The first-order valence-electron chi connectivity index (χ1n) is 6.52. The van der Waals surface area contributed by atoms with Crippen LogP contribution >= 0.6 is 22.6 Å². The van der Waals surface area contributed by atoms with Crippen molar-refractivity contribution in [3.63, 3.8) is 0 Å². The van der Waals surface area contributed by atoms with Gasteiger partial charge in [0, 0.05) is 9.11 Å². The normalized spacial score (nSPS) is 12.2. The van der Waals surface area contributed by atoms with Gasteiger partial charge in [0.05, 0.1) is 11.0 Å². The molecule has 0 bridgehead atoms. The van der Waals surface area contributed by atoms with Gasteiger partial charge < -0.3 is 10.3 Å². The molecule has 0 amide bonds. The maximum absolute atomic E-state index is 6.17. The van der Waals surface area contributed by atoms with E-state index >= 15 is 0 Å². The van der Waals surface area contributed by atoms with E-state index in [-0.39, 0.29) is 5.54 Å². The number of aromatic nitrogens is 2. The number of fused-ring (bicyclic) bond motifs is 1. The molecule has 1 aromatic carbocycles. The summed E-state index contributed by atoms with van der Waals surface area (Å²) < 4.78 is 3.43. The quantitative estimate of drug-likeness (QED) is 0.836. The Morgan fingerprint density at radius 3 is 2.39 bits per heavy atom. The van der Waals surface area contributed by atoms with E-state index in [0.29, 0.717) is 5.95 Å². The van der Waals surface area contributed by atoms with Gasteiger partial charge in [-0.05, 0) is 60.1 Å². The Labute approximate surface area is 122 Å². The van der Waals surface area contributed by atoms with Crippen molar-refractivity contribution in [3.05, 3.63) is 21.8 Å². The van der Waals surface area contributed by atoms with Gasteiger partial charge in [0.15, 0.2) is 0 Å². The average Bonchev–Trinajstić information content (AvgIpc) is 2.69. The Morgan fingerprint density at radius 1 is 1.22 bits per heavy atom. The number of hydrogen-bond donors (Lipinski definition) is 1. The summed E-state index contributed by atoms with van der Waals surface area (Å²) in [5.41, 5.74) is 8.41. The Balaban J connectivity index is 2.73. The fourth-order valence-corrected chi connectivity index (χ4v) is 3.27. The van der Waals surface area contributed by atoms with E-state index in [1.54, 1.807) is 0 Å². The first-order chi connectivity index (χ1) is 8.57. The molecule has 0 aliphatic carbocycles. The number of nitrogen functional groups attached to an aromatic ring is 1. The van der Waals surface area contributed by atoms with Crippen LogP contribution in [0, 0.1) is 3.57 Å². The highest BCUT2D eigenvalue weighted by molar-refractivity contribution is 14.1. The minimum Gasteiger partial charge on any atom is -0.369 e. The van der Waals surface area contributed by atoms with Crippen molar-refractivity contribution in [3.8, 4) is 0 Å². The van der Waals surface area contributed by atoms with Crippen LogP contribution in [0.25, 0.3) is 11.0 Å². The molecule has 0 unspecified atom stereocenters. The first-order valence-corrected chi connectivity index (χ1v) is 7.59. The van der Waals surface area contributed by atoms with Crippen molar-refractivity contribution in [1.82, 2.24) is 9.55 Å². The monoisotopic (exact) mass is 357 g/mol. The zero-order valence-corrected chi connectivity index (χ0v) is 13.4. The summed E-state index contributed by atoms with van der Waals surface area (Å²) >= 11 is 2.31. The van der Waals surface area contributed by atoms with Crippen molar-refractivity contribution in [1.29, 1.82) is 0 Å². The van der Waals surface area contributed by atoms with Crippen molar-refractivity contribution < 1.29 is 0 Å². The van der Waals surface area contributed by atoms with E-state index in [1.165, 1.54) is 3.57 Å². The summed E-state index contributed by atoms with van der Waals surface area (Å²) in [5.74, 6) is 0.637. The highest BCUT2D eigenvalue weighted by Crippen LogP contribution is 2.35. The van der Waals surface area contributed by atoms with Crippen LogP contribution in [0.3, 0.4) is 0 Å². The van der Waals surface area contributed by atoms with Crippen LogP contribution in [-0.4, -0.2) is 9.55 Å². The van der Waals surface area contributed by atoms with Gasteiger partial charge in [0.1, 0.15) is 0 Å². The molecule has 2 rings (SSSR count). The van der Waals surface area contributed by atoms with E-state index < -0.39 is 0 Å². The maximum Gasteiger partial charge on any atom is 0.201 e. The van der Waals surface area contributed by atoms with Crippen molar-refractivity contribution in [2.75, 3.05) is 5.73 Å². The topological polar surface area (TPSA) is 43.8 Å². The highest BCUT2D eigenvalue weighted by atomic mass is 127. The lowest BCUT2D eigenvalue weighted by Crippen LogP contribution is -2.32. The molecule has 0 saturated carbocycles. The van der Waals surface area contributed by atoms with E-state index in [1.807, 2.05) is 0 Å². The highest BCUT2D eigenvalue weighted by Gasteiger charge is 2.29. The summed E-state index contributed by atoms with van der Waals surface area (Å²) in [6, 6.07) is 6.34. The van der Waals surface area contributed by atoms with Crippen molar-refractivity contribution >= 4 is 39.6 Å². The molecule has 2 aromatic rings. The van der Waals surface area contributed by atoms with Crippen LogP contribution in [0.15, 0.2) is 18.2 Å². The molecule has 0 radical (unpaired) electrons. The average molecular weight is 357 g/mol. The predicted molar refractivity (Wildman–Crippen MR) is 85.7 cm³/mol. The van der Waals surface area contributed by atoms with Gasteiger partial charge in [0.25, 0.3) is 0 Å². The second kappa shape index (κ2) is 5.07. The lowest BCUT2D eigenvalue weighted by atomic mass is 9.89. The lowest BCUT2D eigenvalue weighted by Gasteiger charge is -2.33. The first kappa shape index (κ1) is 13.6. The molecule has 2 N–H and O–H groups in total. The Kier molecular flexibility index (Phi) is 3.84. The third-order valence-electron chi connectivity index (χ3n) is 4.09. The molecule has 1 aromatic heterocycles. The van der Waals surface area contributed by atoms with Gasteiger partial charge in [-0.25, -0.2) is 4.98 Å². The molecule has 0 atom stereocenters. The number of nitrogens with two attached hydrogens (primary N) is 1. The van der Waals surface area contributed by atoms with Crippen molar-refractivity contribution in [2.24, 2.45) is 0 Å². The summed E-state index contributed by atoms with van der Waals surface area (Å²) in [7, 11) is 0. The molecule has 0 fully saturated rings. The van der Waals surface area contributed by atoms with E-state index in [9.17, 15) is 0 Å². The van der Waals surface area contributed by atoms with E-state index in [4.69, 9.17) is 5.73 Å². The van der Waals surface area contributed by atoms with Crippen LogP contribution in [-0.2, 0) is 5.54 Å². The summed E-state index contributed by atoms with van der Waals surface area (Å²) in [6.07, 6.45) is 3.21. The molecule has 3 nitrogen and oxygen atoms in total. The van der Waals surface area contributed by atoms with Crippen LogP contribution < -0.4 is 5.73 Å². The Morgan fingerprint density at radius 2 is 1.83 bits per heavy atom. The smallest absolute Gasteiger partial charge is 0.201 e. The standard InChI is InChI=1S/C14H20IN3/c1-4-14(5-2,6-3)18-12-8-7-10(15)9-11(12)17-13(18)16/h7-9H,4-6H2,1-3H3,(H2,16,17). The number of rotatable bonds is 4. The number of benzene rings is 1. The van der Waals surface area contributed by atoms with Gasteiger partial charge in [-0.2, -0.15) is 0 Å². The lowest BCUT2D eigenvalue weighted by molar-refractivity contribution is 0.262. The third-order valence-corrected chi connectivity index (χ3v) is 4.76. The van der Waals surface area contributed by atoms with Gasteiger partial charge in [-0.1, -0.05) is 20.8 Å². The van der Waals surface area contributed by atoms with Crippen LogP contribution in [0.1, 0.15) is 40.0 Å². The van der Waals surface area contributed by atoms with Gasteiger partial charge >= 0.3 is 0 Å². The number of nitrogens with zero attached hydrogens (tertiary/aromatic N) is 2. The second-order valence-electron chi connectivity index (χ2n) is 4.72. The Hall–Kier alpha value is -0.780. The molecular weight excluding hydrogens is 337 g/mol. The summed E-state index contributed by atoms with van der Waals surface area (Å²) in [4.78, 5) is 4.52. The summed E-state index contributed by atoms with van der Waals surface area (Å²) in [6.45, 7) is 6.68. The molecular formula is C14H20IN3. The molecule has 0 saturated heterocycles. The minimum atomic E-state index is 0.0889. The predicted octanol–water partition coefficient (Wildman–Crippen LogP) is 4.15. The minimum absolute atomic E-state index is 0.0889. The van der Waals surface area contributed by atoms with Crippen LogP contribution in [0.5, 0.6) is 0 Å². The van der Waals surface area contributed by atoms with Gasteiger partial charge in [-0.15, -0.1) is 0 Å². The number of anilines is 1. The fourth-order valence-electron chi connectivity index (χ4n) is 2.79. The largest absolute Gasteiger partial charge is 0.369 e. The number of hydrogen-bond acceptors (Lipinski definition) is 2. The molecule has 0 aliphatic rings. The van der Waals surface area contributed by atoms with Crippen LogP contribution in [0.2, 0.25) is 0 Å². The summed E-state index contributed by atoms with van der Waals surface area (Å²) in [5, 5.41) is 0. The number of imidazole rings is 1. The van der Waals surface area contributed by atoms with Gasteiger partial charge in [-0.3, -0.25) is 0 Å². The third kappa shape index (κ3) is 2.00. The molecule has 1 heterocycles. The van der Waals surface area contributed by atoms with E-state index in [2.05, 4.69) is 71.1 Å². The Bertz CT molecular complexity index is 547. The SMILES string of the molecule is CCC(CC)(CC)n1c(N)nc2cc(I)ccc21. The van der Waals surface area contributed by atoms with Crippen molar-refractivity contribution in [2.45, 2.75) is 45.6 Å². The zero-order valence-electron chi connectivity index (χ0n) is 11.2. The number of halogens is 1. The van der Waals surface area contributed by atoms with Gasteiger partial charge in [0.2, 0.25) is 5.95 Å². The fraction of sp³-hybridized carbons (Fsp3) is 0.500. The molecule has 0 spiro atoms. The molecule has 98 valence electrons. The van der Waals surface area contributed by atoms with Crippen LogP contribution in [0.4, 0.5) is 5.95 Å². The maximum atomic E-state index is 6.17.